The molecule has 0 saturated carbocycles. The van der Waals surface area contributed by atoms with Crippen molar-refractivity contribution < 1.29 is 37.8 Å². The zero-order chi connectivity index (χ0) is 35.6. The zero-order valence-electron chi connectivity index (χ0n) is 28.9. The number of hydrogen-bond acceptors (Lipinski definition) is 8. The van der Waals surface area contributed by atoms with Crippen molar-refractivity contribution in [3.05, 3.63) is 53.6 Å². The fraction of sp³-hybridized carbons (Fsp3) is 0.571. The van der Waals surface area contributed by atoms with E-state index < -0.39 is 27.8 Å². The number of amides is 4. The first-order chi connectivity index (χ1) is 23.8. The maximum Gasteiger partial charge on any atom is 0.410 e. The number of likely N-dealkylation sites (tertiary alicyclic amines) is 2. The molecule has 2 aromatic carbocycles. The Hall–Kier alpha value is -3.82. The lowest BCUT2D eigenvalue weighted by Crippen LogP contribution is -2.54. The van der Waals surface area contributed by atoms with E-state index in [0.717, 1.165) is 23.2 Å². The highest BCUT2D eigenvalue weighted by molar-refractivity contribution is 7.88. The number of para-hydroxylation sites is 1. The van der Waals surface area contributed by atoms with E-state index in [0.29, 0.717) is 76.7 Å². The van der Waals surface area contributed by atoms with Crippen LogP contribution in [0.5, 0.6) is 5.75 Å². The molecule has 270 valence electrons. The Morgan fingerprint density at radius 1 is 0.980 bits per heavy atom. The largest absolute Gasteiger partial charge is 0.509 e. The number of rotatable bonds is 7. The van der Waals surface area contributed by atoms with Crippen LogP contribution in [0.3, 0.4) is 0 Å². The van der Waals surface area contributed by atoms with Crippen LogP contribution >= 0.6 is 0 Å². The first-order valence-electron chi connectivity index (χ1n) is 17.7. The number of hydrogen-bond donors (Lipinski definition) is 3. The van der Waals surface area contributed by atoms with Crippen LogP contribution in [0.4, 0.5) is 15.3 Å². The van der Waals surface area contributed by atoms with Crippen LogP contribution in [0.15, 0.2) is 42.5 Å². The number of phenolic OH excluding ortho intramolecular Hbond substituents is 1. The normalized spacial score (nSPS) is 21.6. The van der Waals surface area contributed by atoms with Crippen LogP contribution in [0.2, 0.25) is 0 Å². The minimum atomic E-state index is -3.31. The molecule has 0 radical (unpaired) electrons. The molecule has 0 aromatic heterocycles. The summed E-state index contributed by atoms with van der Waals surface area (Å²) in [5, 5.41) is 24.5. The van der Waals surface area contributed by atoms with E-state index >= 15 is 0 Å². The van der Waals surface area contributed by atoms with Crippen molar-refractivity contribution in [2.24, 2.45) is 5.92 Å². The van der Waals surface area contributed by atoms with Crippen molar-refractivity contribution in [2.45, 2.75) is 69.1 Å². The number of benzene rings is 2. The summed E-state index contributed by atoms with van der Waals surface area (Å²) in [6.45, 7) is 2.69. The summed E-state index contributed by atoms with van der Waals surface area (Å²) in [7, 11) is -1.55. The Morgan fingerprint density at radius 2 is 1.64 bits per heavy atom. The van der Waals surface area contributed by atoms with Crippen molar-refractivity contribution in [1.82, 2.24) is 19.0 Å². The summed E-state index contributed by atoms with van der Waals surface area (Å²) in [6, 6.07) is 12.7. The molecule has 13 nitrogen and oxygen atoms in total. The molecule has 50 heavy (non-hydrogen) atoms. The average molecular weight is 710 g/mol. The monoisotopic (exact) mass is 709 g/mol. The van der Waals surface area contributed by atoms with Gasteiger partial charge in [-0.2, -0.15) is 0 Å². The molecule has 0 bridgehead atoms. The molecule has 2 aromatic rings. The number of fused-ring (bicyclic) bond motifs is 1. The molecule has 4 aliphatic rings. The van der Waals surface area contributed by atoms with Gasteiger partial charge in [-0.05, 0) is 79.6 Å². The molecular weight excluding hydrogens is 661 g/mol. The van der Waals surface area contributed by atoms with Crippen LogP contribution < -0.4 is 10.8 Å². The number of piperidine rings is 3. The number of aromatic hydroxyl groups is 1. The van der Waals surface area contributed by atoms with E-state index in [4.69, 9.17) is 4.74 Å². The second kappa shape index (κ2) is 14.8. The van der Waals surface area contributed by atoms with Crippen molar-refractivity contribution in [3.8, 4) is 5.75 Å². The van der Waals surface area contributed by atoms with Crippen LogP contribution in [0.25, 0.3) is 0 Å². The van der Waals surface area contributed by atoms with Crippen molar-refractivity contribution >= 4 is 47.1 Å². The number of ether oxygens (including phenoxy) is 1. The highest BCUT2D eigenvalue weighted by Gasteiger charge is 2.44. The minimum Gasteiger partial charge on any atom is -0.509 e. The SMILES string of the molecule is Bc1cc(C[C@@H](OC(=O)N2CCC(N3CCc4ccccc4NC3=O)CC2)C(=O)N2CCC(C3(O)CCN(S(C)(=O)=O)CC3)CC2)ccc1O. The van der Waals surface area contributed by atoms with Gasteiger partial charge in [0.15, 0.2) is 6.10 Å². The summed E-state index contributed by atoms with van der Waals surface area (Å²) in [5.41, 5.74) is 2.34. The summed E-state index contributed by atoms with van der Waals surface area (Å²) in [5.74, 6) is -0.242. The van der Waals surface area contributed by atoms with Crippen LogP contribution in [0, 0.1) is 5.92 Å². The number of nitrogens with one attached hydrogen (secondary N) is 1. The molecule has 4 heterocycles. The number of carbonyl (C=O) groups is 3. The number of nitrogens with zero attached hydrogens (tertiary/aromatic N) is 4. The standard InChI is InChI=1S/C35H48BN5O8S/c1-50(47,48)40-20-13-35(46,14-21-40)26-9-15-38(16-10-26)32(43)31(23-24-6-7-30(42)28(36)22-24)49-34(45)39-17-11-27(12-18-39)41-19-8-25-4-2-3-5-29(25)37-33(41)44/h2-7,22,26-27,31,42,46H,8-21,23,36H2,1H3,(H,37,44)/t31-/m1/s1. The minimum absolute atomic E-state index is 0.0273. The Labute approximate surface area is 295 Å². The van der Waals surface area contributed by atoms with Gasteiger partial charge in [-0.25, -0.2) is 22.3 Å². The van der Waals surface area contributed by atoms with Crippen LogP contribution in [-0.4, -0.2) is 133 Å². The number of urea groups is 1. The number of sulfonamides is 1. The first kappa shape index (κ1) is 36.0. The molecule has 6 rings (SSSR count). The molecule has 3 N–H and O–H groups in total. The van der Waals surface area contributed by atoms with Crippen molar-refractivity contribution in [1.29, 1.82) is 0 Å². The van der Waals surface area contributed by atoms with E-state index in [2.05, 4.69) is 5.32 Å². The maximum atomic E-state index is 14.0. The molecule has 1 atom stereocenters. The molecule has 0 spiro atoms. The third-order valence-electron chi connectivity index (χ3n) is 11.1. The molecular formula is C35H48BN5O8S. The lowest BCUT2D eigenvalue weighted by molar-refractivity contribution is -0.145. The quantitative estimate of drug-likeness (QED) is 0.363. The Kier molecular flexibility index (Phi) is 10.7. The number of phenols is 1. The van der Waals surface area contributed by atoms with Gasteiger partial charge in [0.05, 0.1) is 11.9 Å². The first-order valence-corrected chi connectivity index (χ1v) is 19.5. The number of aliphatic hydroxyl groups is 1. The van der Waals surface area contributed by atoms with Gasteiger partial charge in [-0.15, -0.1) is 0 Å². The van der Waals surface area contributed by atoms with Crippen LogP contribution in [-0.2, 0) is 32.4 Å². The van der Waals surface area contributed by atoms with E-state index in [1.54, 1.807) is 35.8 Å². The highest BCUT2D eigenvalue weighted by Crippen LogP contribution is 2.37. The smallest absolute Gasteiger partial charge is 0.410 e. The van der Waals surface area contributed by atoms with Gasteiger partial charge in [-0.3, -0.25) is 4.79 Å². The highest BCUT2D eigenvalue weighted by atomic mass is 32.2. The summed E-state index contributed by atoms with van der Waals surface area (Å²) in [4.78, 5) is 45.8. The second-order valence-electron chi connectivity index (χ2n) is 14.3. The maximum absolute atomic E-state index is 14.0. The summed E-state index contributed by atoms with van der Waals surface area (Å²) in [6.07, 6.45) is 3.41. The Bertz CT molecular complexity index is 1690. The lowest BCUT2D eigenvalue weighted by Gasteiger charge is -2.45. The van der Waals surface area contributed by atoms with Gasteiger partial charge in [-0.1, -0.05) is 30.3 Å². The van der Waals surface area contributed by atoms with Gasteiger partial charge in [0.1, 0.15) is 13.6 Å². The fourth-order valence-electron chi connectivity index (χ4n) is 7.99. The van der Waals surface area contributed by atoms with Gasteiger partial charge in [0.2, 0.25) is 10.0 Å². The van der Waals surface area contributed by atoms with Gasteiger partial charge >= 0.3 is 12.1 Å². The fourth-order valence-corrected chi connectivity index (χ4v) is 8.83. The Balaban J connectivity index is 1.07. The van der Waals surface area contributed by atoms with Gasteiger partial charge in [0.25, 0.3) is 5.91 Å². The van der Waals surface area contributed by atoms with E-state index in [1.807, 2.05) is 29.2 Å². The summed E-state index contributed by atoms with van der Waals surface area (Å²) < 4.78 is 31.3. The zero-order valence-corrected chi connectivity index (χ0v) is 29.7. The number of carbonyl (C=O) groups excluding carboxylic acids is 3. The molecule has 0 aliphatic carbocycles. The lowest BCUT2D eigenvalue weighted by atomic mass is 9.75. The summed E-state index contributed by atoms with van der Waals surface area (Å²) >= 11 is 0. The molecule has 3 fully saturated rings. The number of anilines is 1. The van der Waals surface area contributed by atoms with E-state index in [9.17, 15) is 33.0 Å². The average Bonchev–Trinajstić information content (AvgIpc) is 3.27. The predicted octanol–water partition coefficient (Wildman–Crippen LogP) is 1.28. The van der Waals surface area contributed by atoms with E-state index in [1.165, 1.54) is 10.6 Å². The molecule has 4 amide bonds. The predicted molar refractivity (Wildman–Crippen MR) is 191 cm³/mol. The molecule has 4 aliphatic heterocycles. The Morgan fingerprint density at radius 3 is 2.30 bits per heavy atom. The molecule has 3 saturated heterocycles. The van der Waals surface area contributed by atoms with E-state index in [-0.39, 0.29) is 49.2 Å². The van der Waals surface area contributed by atoms with Crippen molar-refractivity contribution in [3.63, 3.8) is 0 Å². The third-order valence-corrected chi connectivity index (χ3v) is 12.4. The topological polar surface area (TPSA) is 160 Å². The molecule has 15 heteroatoms. The van der Waals surface area contributed by atoms with Crippen molar-refractivity contribution in [2.75, 3.05) is 57.4 Å². The second-order valence-corrected chi connectivity index (χ2v) is 16.3. The van der Waals surface area contributed by atoms with Gasteiger partial charge < -0.3 is 35.0 Å². The van der Waals surface area contributed by atoms with Crippen LogP contribution in [0.1, 0.15) is 49.7 Å². The van der Waals surface area contributed by atoms with Gasteiger partial charge in [0, 0.05) is 64.0 Å². The third kappa shape index (κ3) is 8.05. The molecule has 0 unspecified atom stereocenters.